The summed E-state index contributed by atoms with van der Waals surface area (Å²) in [5.41, 5.74) is 1.18. The van der Waals surface area contributed by atoms with Gasteiger partial charge in [0.05, 0.1) is 0 Å². The van der Waals surface area contributed by atoms with Crippen LogP contribution in [0.3, 0.4) is 0 Å². The number of hydrogen-bond acceptors (Lipinski definition) is 1. The Kier molecular flexibility index (Phi) is 4.41. The van der Waals surface area contributed by atoms with E-state index in [1.165, 1.54) is 51.5 Å². The molecule has 0 heterocycles. The summed E-state index contributed by atoms with van der Waals surface area (Å²) in [6.07, 6.45) is 10.4. The largest absolute Gasteiger partial charge is 0.316 e. The van der Waals surface area contributed by atoms with Crippen LogP contribution in [0.2, 0.25) is 0 Å². The van der Waals surface area contributed by atoms with Crippen LogP contribution in [0.25, 0.3) is 0 Å². The van der Waals surface area contributed by atoms with Crippen LogP contribution in [0.4, 0.5) is 0 Å². The van der Waals surface area contributed by atoms with Gasteiger partial charge in [-0.2, -0.15) is 0 Å². The van der Waals surface area contributed by atoms with Crippen molar-refractivity contribution in [2.75, 3.05) is 13.1 Å². The van der Waals surface area contributed by atoms with Crippen LogP contribution in [0.5, 0.6) is 0 Å². The average molecular weight is 251 g/mol. The van der Waals surface area contributed by atoms with Crippen molar-refractivity contribution in [1.82, 2.24) is 5.32 Å². The molecular formula is C17H33N. The second-order valence-corrected chi connectivity index (χ2v) is 7.91. The molecular weight excluding hydrogens is 218 g/mol. The maximum Gasteiger partial charge on any atom is 0.00104 e. The summed E-state index contributed by atoms with van der Waals surface area (Å²) in [7, 11) is 0. The Morgan fingerprint density at radius 1 is 1.06 bits per heavy atom. The highest BCUT2D eigenvalue weighted by molar-refractivity contribution is 4.97. The lowest BCUT2D eigenvalue weighted by Crippen LogP contribution is -2.46. The summed E-state index contributed by atoms with van der Waals surface area (Å²) in [5.74, 6) is 1.99. The average Bonchev–Trinajstić information content (AvgIpc) is 2.23. The Morgan fingerprint density at radius 3 is 2.06 bits per heavy atom. The number of nitrogens with one attached hydrogen (secondary N) is 1. The first kappa shape index (κ1) is 14.4. The molecule has 0 bridgehead atoms. The first-order valence-electron chi connectivity index (χ1n) is 8.19. The lowest BCUT2D eigenvalue weighted by molar-refractivity contribution is 0.00500. The molecule has 0 aromatic heterocycles. The van der Waals surface area contributed by atoms with Gasteiger partial charge in [0.2, 0.25) is 0 Å². The van der Waals surface area contributed by atoms with Gasteiger partial charge in [-0.15, -0.1) is 0 Å². The zero-order valence-corrected chi connectivity index (χ0v) is 13.0. The molecule has 0 saturated heterocycles. The lowest BCUT2D eigenvalue weighted by Gasteiger charge is -2.51. The van der Waals surface area contributed by atoms with Crippen molar-refractivity contribution in [1.29, 1.82) is 0 Å². The Morgan fingerprint density at radius 2 is 1.67 bits per heavy atom. The Bertz CT molecular complexity index is 251. The third kappa shape index (κ3) is 2.92. The molecule has 0 amide bonds. The van der Waals surface area contributed by atoms with E-state index in [4.69, 9.17) is 0 Å². The van der Waals surface area contributed by atoms with E-state index in [2.05, 4.69) is 33.0 Å². The normalized spacial score (nSPS) is 34.3. The molecule has 0 spiro atoms. The highest BCUT2D eigenvalue weighted by atomic mass is 14.9. The Hall–Kier alpha value is -0.0400. The van der Waals surface area contributed by atoms with Gasteiger partial charge >= 0.3 is 0 Å². The van der Waals surface area contributed by atoms with E-state index in [0.29, 0.717) is 10.8 Å². The molecule has 0 radical (unpaired) electrons. The van der Waals surface area contributed by atoms with Crippen molar-refractivity contribution in [2.24, 2.45) is 22.7 Å². The van der Waals surface area contributed by atoms with E-state index in [-0.39, 0.29) is 0 Å². The second-order valence-electron chi connectivity index (χ2n) is 7.91. The molecule has 2 aliphatic rings. The monoisotopic (exact) mass is 251 g/mol. The minimum atomic E-state index is 0.518. The molecule has 0 unspecified atom stereocenters. The predicted octanol–water partition coefficient (Wildman–Crippen LogP) is 4.62. The molecule has 0 atom stereocenters. The zero-order valence-electron chi connectivity index (χ0n) is 13.0. The van der Waals surface area contributed by atoms with Crippen molar-refractivity contribution in [3.63, 3.8) is 0 Å². The summed E-state index contributed by atoms with van der Waals surface area (Å²) in [4.78, 5) is 0. The molecule has 0 aliphatic heterocycles. The van der Waals surface area contributed by atoms with Crippen molar-refractivity contribution < 1.29 is 0 Å². The molecule has 1 N–H and O–H groups in total. The summed E-state index contributed by atoms with van der Waals surface area (Å²) < 4.78 is 0. The van der Waals surface area contributed by atoms with Gasteiger partial charge in [-0.05, 0) is 67.7 Å². The second kappa shape index (κ2) is 5.53. The first-order valence-corrected chi connectivity index (χ1v) is 8.19. The fourth-order valence-electron chi connectivity index (χ4n) is 4.18. The van der Waals surface area contributed by atoms with Crippen molar-refractivity contribution >= 4 is 0 Å². The van der Waals surface area contributed by atoms with Crippen LogP contribution >= 0.6 is 0 Å². The first-order chi connectivity index (χ1) is 8.48. The Labute approximate surface area is 114 Å². The van der Waals surface area contributed by atoms with Gasteiger partial charge < -0.3 is 5.32 Å². The summed E-state index contributed by atoms with van der Waals surface area (Å²) in [6.45, 7) is 12.0. The molecule has 2 aliphatic carbocycles. The fraction of sp³-hybridized carbons (Fsp3) is 1.00. The topological polar surface area (TPSA) is 12.0 Å². The van der Waals surface area contributed by atoms with Crippen LogP contribution < -0.4 is 5.32 Å². The predicted molar refractivity (Wildman–Crippen MR) is 79.7 cm³/mol. The molecule has 0 aromatic rings. The standard InChI is InChI=1S/C17H33N/c1-5-18-13-17(15-7-6-8-15)11-9-14(10-12-17)16(2,3)4/h14-15,18H,5-13H2,1-4H3. The number of hydrogen-bond donors (Lipinski definition) is 1. The van der Waals surface area contributed by atoms with Crippen LogP contribution in [0.15, 0.2) is 0 Å². The minimum absolute atomic E-state index is 0.518. The van der Waals surface area contributed by atoms with Gasteiger partial charge in [0.25, 0.3) is 0 Å². The highest BCUT2D eigenvalue weighted by Gasteiger charge is 2.45. The quantitative estimate of drug-likeness (QED) is 0.769. The third-order valence-corrected chi connectivity index (χ3v) is 5.90. The van der Waals surface area contributed by atoms with Gasteiger partial charge in [0, 0.05) is 6.54 Å². The maximum absolute atomic E-state index is 3.66. The van der Waals surface area contributed by atoms with E-state index in [9.17, 15) is 0 Å². The van der Waals surface area contributed by atoms with E-state index in [1.54, 1.807) is 0 Å². The SMILES string of the molecule is CCNCC1(C2CCC2)CCC(C(C)(C)C)CC1. The van der Waals surface area contributed by atoms with Crippen LogP contribution in [-0.4, -0.2) is 13.1 Å². The van der Waals surface area contributed by atoms with Crippen molar-refractivity contribution in [2.45, 2.75) is 72.6 Å². The summed E-state index contributed by atoms with van der Waals surface area (Å²) in [5, 5.41) is 3.66. The molecule has 1 heteroatoms. The fourth-order valence-corrected chi connectivity index (χ4v) is 4.18. The van der Waals surface area contributed by atoms with E-state index < -0.39 is 0 Å². The molecule has 106 valence electrons. The molecule has 1 nitrogen and oxygen atoms in total. The van der Waals surface area contributed by atoms with Crippen LogP contribution in [0, 0.1) is 22.7 Å². The number of rotatable bonds is 4. The van der Waals surface area contributed by atoms with Gasteiger partial charge in [-0.3, -0.25) is 0 Å². The van der Waals surface area contributed by atoms with E-state index in [1.807, 2.05) is 0 Å². The lowest BCUT2D eigenvalue weighted by atomic mass is 9.55. The molecule has 18 heavy (non-hydrogen) atoms. The zero-order chi connectivity index (χ0) is 13.2. The highest BCUT2D eigenvalue weighted by Crippen LogP contribution is 2.53. The minimum Gasteiger partial charge on any atom is -0.316 e. The van der Waals surface area contributed by atoms with Gasteiger partial charge in [-0.25, -0.2) is 0 Å². The van der Waals surface area contributed by atoms with Crippen LogP contribution in [-0.2, 0) is 0 Å². The van der Waals surface area contributed by atoms with E-state index >= 15 is 0 Å². The molecule has 2 rings (SSSR count). The van der Waals surface area contributed by atoms with Crippen LogP contribution in [0.1, 0.15) is 72.6 Å². The Balaban J connectivity index is 1.96. The van der Waals surface area contributed by atoms with Crippen molar-refractivity contribution in [3.8, 4) is 0 Å². The summed E-state index contributed by atoms with van der Waals surface area (Å²) in [6, 6.07) is 0. The van der Waals surface area contributed by atoms with Crippen molar-refractivity contribution in [3.05, 3.63) is 0 Å². The van der Waals surface area contributed by atoms with Gasteiger partial charge in [-0.1, -0.05) is 34.1 Å². The smallest absolute Gasteiger partial charge is 0.00104 e. The molecule has 2 saturated carbocycles. The summed E-state index contributed by atoms with van der Waals surface area (Å²) >= 11 is 0. The molecule has 0 aromatic carbocycles. The van der Waals surface area contributed by atoms with Gasteiger partial charge in [0.15, 0.2) is 0 Å². The maximum atomic E-state index is 3.66. The van der Waals surface area contributed by atoms with Gasteiger partial charge in [0.1, 0.15) is 0 Å². The van der Waals surface area contributed by atoms with E-state index in [0.717, 1.165) is 18.4 Å². The molecule has 2 fully saturated rings. The third-order valence-electron chi connectivity index (χ3n) is 5.90.